The summed E-state index contributed by atoms with van der Waals surface area (Å²) in [5, 5.41) is 26.2. The lowest BCUT2D eigenvalue weighted by atomic mass is 9.83. The van der Waals surface area contributed by atoms with Crippen molar-refractivity contribution in [2.75, 3.05) is 11.9 Å². The van der Waals surface area contributed by atoms with E-state index in [-0.39, 0.29) is 29.1 Å². The van der Waals surface area contributed by atoms with Gasteiger partial charge in [-0.3, -0.25) is 19.2 Å². The van der Waals surface area contributed by atoms with Crippen LogP contribution in [-0.4, -0.2) is 58.1 Å². The molecule has 0 aromatic heterocycles. The molecule has 1 atom stereocenters. The number of carboxylic acids is 1. The van der Waals surface area contributed by atoms with Gasteiger partial charge in [0.15, 0.2) is 5.78 Å². The molecule has 0 aliphatic carbocycles. The number of alkyl carbamates (subject to hydrolysis) is 1. The maximum atomic E-state index is 13.3. The highest BCUT2D eigenvalue weighted by Gasteiger charge is 2.30. The number of carbonyl (C=O) groups is 5. The first-order chi connectivity index (χ1) is 18.0. The second kappa shape index (κ2) is 12.4. The van der Waals surface area contributed by atoms with Gasteiger partial charge < -0.3 is 30.9 Å². The molecular formula is C28H35N3O8. The Morgan fingerprint density at radius 2 is 1.54 bits per heavy atom. The number of benzene rings is 2. The molecule has 11 nitrogen and oxygen atoms in total. The van der Waals surface area contributed by atoms with Crippen molar-refractivity contribution in [1.29, 1.82) is 0 Å². The van der Waals surface area contributed by atoms with Crippen LogP contribution in [0.2, 0.25) is 0 Å². The summed E-state index contributed by atoms with van der Waals surface area (Å²) < 4.78 is 5.32. The van der Waals surface area contributed by atoms with Gasteiger partial charge in [-0.1, -0.05) is 26.8 Å². The molecule has 0 radical (unpaired) electrons. The second-order valence-electron chi connectivity index (χ2n) is 11.0. The number of phenolic OH excluding ortho intramolecular Hbond substituents is 1. The second-order valence-corrected chi connectivity index (χ2v) is 11.0. The number of ether oxygens (including phenoxy) is 1. The van der Waals surface area contributed by atoms with Crippen molar-refractivity contribution >= 4 is 35.3 Å². The maximum Gasteiger partial charge on any atom is 0.408 e. The summed E-state index contributed by atoms with van der Waals surface area (Å²) >= 11 is 0. The zero-order chi connectivity index (χ0) is 29.5. The van der Waals surface area contributed by atoms with Crippen molar-refractivity contribution in [1.82, 2.24) is 10.6 Å². The van der Waals surface area contributed by atoms with Gasteiger partial charge in [0.2, 0.25) is 5.91 Å². The minimum absolute atomic E-state index is 0.0851. The molecule has 0 unspecified atom stereocenters. The Morgan fingerprint density at radius 1 is 0.923 bits per heavy atom. The Kier molecular flexibility index (Phi) is 9.81. The number of nitrogens with one attached hydrogen (secondary N) is 3. The van der Waals surface area contributed by atoms with Crippen molar-refractivity contribution < 1.29 is 38.9 Å². The third-order valence-corrected chi connectivity index (χ3v) is 5.27. The summed E-state index contributed by atoms with van der Waals surface area (Å²) in [5.41, 5.74) is -0.433. The van der Waals surface area contributed by atoms with Crippen LogP contribution in [0.5, 0.6) is 5.75 Å². The van der Waals surface area contributed by atoms with Gasteiger partial charge in [0.1, 0.15) is 23.9 Å². The predicted octanol–water partition coefficient (Wildman–Crippen LogP) is 3.51. The SMILES string of the molecule is CC(C)(C)OC(=O)N[C@@H](Cc1ccc(O)cc1C(=O)C(C)(C)C)C(=O)Nc1ccc(C(=O)NCC(=O)O)cc1. The minimum atomic E-state index is -1.18. The number of carboxylic acid groups (broad SMARTS) is 1. The van der Waals surface area contributed by atoms with Gasteiger partial charge >= 0.3 is 12.1 Å². The van der Waals surface area contributed by atoms with E-state index in [0.29, 0.717) is 11.3 Å². The topological polar surface area (TPSA) is 171 Å². The number of rotatable bonds is 9. The molecule has 210 valence electrons. The first kappa shape index (κ1) is 30.8. The molecule has 0 saturated heterocycles. The summed E-state index contributed by atoms with van der Waals surface area (Å²) in [6.07, 6.45) is -0.923. The summed E-state index contributed by atoms with van der Waals surface area (Å²) in [7, 11) is 0. The van der Waals surface area contributed by atoms with E-state index in [1.807, 2.05) is 0 Å². The Hall–Kier alpha value is -4.41. The van der Waals surface area contributed by atoms with Crippen molar-refractivity contribution in [3.8, 4) is 5.75 Å². The highest BCUT2D eigenvalue weighted by atomic mass is 16.6. The van der Waals surface area contributed by atoms with Crippen LogP contribution >= 0.6 is 0 Å². The van der Waals surface area contributed by atoms with Crippen LogP contribution in [0.15, 0.2) is 42.5 Å². The van der Waals surface area contributed by atoms with Gasteiger partial charge in [0, 0.05) is 28.7 Å². The number of carbonyl (C=O) groups excluding carboxylic acids is 4. The van der Waals surface area contributed by atoms with Gasteiger partial charge in [-0.15, -0.1) is 0 Å². The quantitative estimate of drug-likeness (QED) is 0.300. The van der Waals surface area contributed by atoms with Crippen LogP contribution < -0.4 is 16.0 Å². The number of anilines is 1. The third kappa shape index (κ3) is 9.76. The summed E-state index contributed by atoms with van der Waals surface area (Å²) in [6.45, 7) is 9.70. The third-order valence-electron chi connectivity index (χ3n) is 5.27. The molecule has 3 amide bonds. The summed E-state index contributed by atoms with van der Waals surface area (Å²) in [5.74, 6) is -2.76. The molecule has 0 spiro atoms. The van der Waals surface area contributed by atoms with Crippen LogP contribution in [0.1, 0.15) is 67.8 Å². The molecule has 11 heteroatoms. The van der Waals surface area contributed by atoms with Crippen LogP contribution in [0, 0.1) is 5.41 Å². The number of ketones is 1. The van der Waals surface area contributed by atoms with E-state index in [2.05, 4.69) is 16.0 Å². The smallest absolute Gasteiger partial charge is 0.408 e. The van der Waals surface area contributed by atoms with Crippen molar-refractivity contribution in [3.63, 3.8) is 0 Å². The lowest BCUT2D eigenvalue weighted by Crippen LogP contribution is -2.47. The molecule has 0 fully saturated rings. The average Bonchev–Trinajstić information content (AvgIpc) is 2.81. The largest absolute Gasteiger partial charge is 0.508 e. The zero-order valence-corrected chi connectivity index (χ0v) is 22.9. The lowest BCUT2D eigenvalue weighted by molar-refractivity contribution is -0.135. The molecule has 2 aromatic carbocycles. The first-order valence-electron chi connectivity index (χ1n) is 12.2. The lowest BCUT2D eigenvalue weighted by Gasteiger charge is -2.25. The van der Waals surface area contributed by atoms with E-state index in [1.165, 1.54) is 42.5 Å². The van der Waals surface area contributed by atoms with Gasteiger partial charge in [-0.2, -0.15) is 0 Å². The summed E-state index contributed by atoms with van der Waals surface area (Å²) in [6, 6.07) is 8.79. The number of aromatic hydroxyl groups is 1. The molecule has 0 aliphatic rings. The van der Waals surface area contributed by atoms with Crippen LogP contribution in [0.3, 0.4) is 0 Å². The number of Topliss-reactive ketones (excluding diaryl/α,β-unsaturated/α-hetero) is 1. The zero-order valence-electron chi connectivity index (χ0n) is 22.9. The summed E-state index contributed by atoms with van der Waals surface area (Å²) in [4.78, 5) is 61.6. The molecule has 2 rings (SSSR count). The molecular weight excluding hydrogens is 506 g/mol. The Balaban J connectivity index is 2.32. The van der Waals surface area contributed by atoms with E-state index in [4.69, 9.17) is 9.84 Å². The number of amides is 3. The molecule has 39 heavy (non-hydrogen) atoms. The Labute approximate surface area is 226 Å². The normalized spacial score (nSPS) is 12.2. The van der Waals surface area contributed by atoms with Gasteiger partial charge in [0.25, 0.3) is 5.91 Å². The molecule has 5 N–H and O–H groups in total. The number of aliphatic carboxylic acids is 1. The van der Waals surface area contributed by atoms with E-state index in [1.54, 1.807) is 41.5 Å². The fourth-order valence-electron chi connectivity index (χ4n) is 3.43. The first-order valence-corrected chi connectivity index (χ1v) is 12.2. The van der Waals surface area contributed by atoms with Crippen LogP contribution in [-0.2, 0) is 20.7 Å². The highest BCUT2D eigenvalue weighted by Crippen LogP contribution is 2.27. The molecule has 2 aromatic rings. The number of phenols is 1. The fourth-order valence-corrected chi connectivity index (χ4v) is 3.43. The fraction of sp³-hybridized carbons (Fsp3) is 0.393. The standard InChI is InChI=1S/C28H35N3O8/c1-27(2,3)23(35)20-14-19(32)12-9-17(20)13-21(31-26(38)39-28(4,5)6)25(37)30-18-10-7-16(8-11-18)24(36)29-15-22(33)34/h7-12,14,21,32H,13,15H2,1-6H3,(H,29,36)(H,30,37)(H,31,38)(H,33,34)/t21-/m0/s1. The molecule has 0 bridgehead atoms. The van der Waals surface area contributed by atoms with Gasteiger partial charge in [0.05, 0.1) is 0 Å². The number of hydrogen-bond donors (Lipinski definition) is 5. The molecule has 0 saturated carbocycles. The van der Waals surface area contributed by atoms with E-state index < -0.39 is 47.5 Å². The van der Waals surface area contributed by atoms with Crippen molar-refractivity contribution in [2.24, 2.45) is 5.41 Å². The molecule has 0 aliphatic heterocycles. The minimum Gasteiger partial charge on any atom is -0.508 e. The van der Waals surface area contributed by atoms with E-state index in [9.17, 15) is 29.1 Å². The van der Waals surface area contributed by atoms with Gasteiger partial charge in [-0.05, 0) is 62.7 Å². The maximum absolute atomic E-state index is 13.3. The predicted molar refractivity (Wildman–Crippen MR) is 144 cm³/mol. The molecule has 0 heterocycles. The highest BCUT2D eigenvalue weighted by molar-refractivity contribution is 6.02. The van der Waals surface area contributed by atoms with E-state index >= 15 is 0 Å². The number of hydrogen-bond acceptors (Lipinski definition) is 7. The van der Waals surface area contributed by atoms with Crippen LogP contribution in [0.25, 0.3) is 0 Å². The van der Waals surface area contributed by atoms with Gasteiger partial charge in [-0.25, -0.2) is 4.79 Å². The monoisotopic (exact) mass is 541 g/mol. The van der Waals surface area contributed by atoms with E-state index in [0.717, 1.165) is 0 Å². The Bertz CT molecular complexity index is 1240. The van der Waals surface area contributed by atoms with Crippen LogP contribution in [0.4, 0.5) is 10.5 Å². The Morgan fingerprint density at radius 3 is 2.08 bits per heavy atom. The van der Waals surface area contributed by atoms with Crippen molar-refractivity contribution in [2.45, 2.75) is 59.6 Å². The van der Waals surface area contributed by atoms with Crippen molar-refractivity contribution in [3.05, 3.63) is 59.2 Å². The average molecular weight is 542 g/mol.